The quantitative estimate of drug-likeness (QED) is 0.417. The van der Waals surface area contributed by atoms with Crippen LogP contribution in [0.25, 0.3) is 27.7 Å². The molecule has 9 nitrogen and oxygen atoms in total. The lowest BCUT2D eigenvalue weighted by Gasteiger charge is -2.34. The monoisotopic (exact) mass is 501 g/mol. The highest BCUT2D eigenvalue weighted by atomic mass is 19.3. The number of anilines is 1. The zero-order valence-electron chi connectivity index (χ0n) is 19.9. The van der Waals surface area contributed by atoms with E-state index >= 15 is 0 Å². The average Bonchev–Trinajstić information content (AvgIpc) is 3.47. The molecule has 0 radical (unpaired) electrons. The van der Waals surface area contributed by atoms with Crippen molar-refractivity contribution in [3.63, 3.8) is 0 Å². The average molecular weight is 502 g/mol. The molecule has 1 N–H and O–H groups in total. The van der Waals surface area contributed by atoms with Crippen LogP contribution in [0.4, 0.5) is 19.1 Å². The molecule has 2 aliphatic rings. The molecule has 6 rings (SSSR count). The molecular formula is C24H26F3N7O2. The number of fused-ring (bicyclic) bond motifs is 2. The summed E-state index contributed by atoms with van der Waals surface area (Å²) in [6, 6.07) is 7.22. The first-order valence-electron chi connectivity index (χ1n) is 11.8. The number of likely N-dealkylation sites (tertiary alicyclic amines) is 1. The molecule has 2 fully saturated rings. The summed E-state index contributed by atoms with van der Waals surface area (Å²) in [5, 5.41) is 7.67. The Bertz CT molecular complexity index is 1420. The normalized spacial score (nSPS) is 21.1. The van der Waals surface area contributed by atoms with Crippen molar-refractivity contribution in [2.75, 3.05) is 38.7 Å². The van der Waals surface area contributed by atoms with Crippen molar-refractivity contribution >= 4 is 22.5 Å². The predicted octanol–water partition coefficient (Wildman–Crippen LogP) is 3.16. The smallest absolute Gasteiger partial charge is 0.256 e. The van der Waals surface area contributed by atoms with E-state index in [4.69, 9.17) is 9.47 Å². The summed E-state index contributed by atoms with van der Waals surface area (Å²) in [5.41, 5.74) is 3.47. The number of hydrogen-bond acceptors (Lipinski definition) is 7. The number of nitrogens with one attached hydrogen (secondary N) is 1. The summed E-state index contributed by atoms with van der Waals surface area (Å²) >= 11 is 0. The van der Waals surface area contributed by atoms with Crippen LogP contribution in [0.5, 0.6) is 5.88 Å². The molecule has 4 aromatic rings. The van der Waals surface area contributed by atoms with E-state index in [1.165, 1.54) is 11.7 Å². The molecule has 5 heterocycles. The number of benzene rings is 1. The van der Waals surface area contributed by atoms with Crippen LogP contribution in [-0.4, -0.2) is 87.1 Å². The van der Waals surface area contributed by atoms with E-state index < -0.39 is 25.2 Å². The van der Waals surface area contributed by atoms with E-state index in [-0.39, 0.29) is 12.0 Å². The van der Waals surface area contributed by atoms with Gasteiger partial charge in [0.2, 0.25) is 11.8 Å². The number of methoxy groups -OCH3 is 1. The molecule has 12 heteroatoms. The lowest BCUT2D eigenvalue weighted by Crippen LogP contribution is -2.48. The van der Waals surface area contributed by atoms with Crippen LogP contribution < -0.4 is 10.1 Å². The van der Waals surface area contributed by atoms with Crippen molar-refractivity contribution in [1.82, 2.24) is 29.0 Å². The second-order valence-corrected chi connectivity index (χ2v) is 9.24. The van der Waals surface area contributed by atoms with Crippen LogP contribution in [0.2, 0.25) is 0 Å². The van der Waals surface area contributed by atoms with Crippen molar-refractivity contribution in [2.45, 2.75) is 38.1 Å². The SMILES string of the molecule is COc1nc(N[C@H]2CN(C3COC3)C[C@H]2F)nn2ccc(-c3ccc4nc(C)n(CC(F)F)c4c3)c12. The standard InChI is InChI=1S/C24H26F3N7O2/c1-13-28-18-4-3-14(7-20(18)33(13)10-21(26)27)16-5-6-34-22(16)23(35-2)30-24(31-34)29-19-9-32(8-17(19)25)15-11-36-12-15/h3-7,15,17,19,21H,8-12H2,1-2H3,(H,29,31)/t17-,19+/m1/s1. The van der Waals surface area contributed by atoms with Gasteiger partial charge in [-0.25, -0.2) is 22.7 Å². The molecule has 0 unspecified atom stereocenters. The molecule has 0 spiro atoms. The number of imidazole rings is 1. The van der Waals surface area contributed by atoms with E-state index in [0.29, 0.717) is 54.6 Å². The lowest BCUT2D eigenvalue weighted by molar-refractivity contribution is -0.0585. The zero-order chi connectivity index (χ0) is 25.0. The maximum absolute atomic E-state index is 14.7. The summed E-state index contributed by atoms with van der Waals surface area (Å²) in [7, 11) is 1.51. The van der Waals surface area contributed by atoms with E-state index in [1.54, 1.807) is 17.6 Å². The minimum Gasteiger partial charge on any atom is -0.479 e. The van der Waals surface area contributed by atoms with Gasteiger partial charge in [0.15, 0.2) is 0 Å². The van der Waals surface area contributed by atoms with Gasteiger partial charge in [-0.05, 0) is 30.7 Å². The Balaban J connectivity index is 1.33. The number of alkyl halides is 3. The van der Waals surface area contributed by atoms with Crippen molar-refractivity contribution in [1.29, 1.82) is 0 Å². The van der Waals surface area contributed by atoms with Crippen LogP contribution in [0.3, 0.4) is 0 Å². The molecular weight excluding hydrogens is 475 g/mol. The maximum atomic E-state index is 14.7. The Morgan fingerprint density at radius 2 is 2.03 bits per heavy atom. The van der Waals surface area contributed by atoms with E-state index in [2.05, 4.69) is 25.3 Å². The summed E-state index contributed by atoms with van der Waals surface area (Å²) in [6.45, 7) is 3.45. The molecule has 2 atom stereocenters. The van der Waals surface area contributed by atoms with Gasteiger partial charge in [0.05, 0.1) is 50.0 Å². The maximum Gasteiger partial charge on any atom is 0.256 e. The molecule has 3 aromatic heterocycles. The largest absolute Gasteiger partial charge is 0.479 e. The number of aromatic nitrogens is 5. The number of halogens is 3. The molecule has 0 bridgehead atoms. The fraction of sp³-hybridized carbons (Fsp3) is 0.458. The topological polar surface area (TPSA) is 81.7 Å². The molecule has 0 amide bonds. The Labute approximate surface area is 204 Å². The third kappa shape index (κ3) is 3.94. The summed E-state index contributed by atoms with van der Waals surface area (Å²) in [4.78, 5) is 11.0. The summed E-state index contributed by atoms with van der Waals surface area (Å²) in [6.07, 6.45) is -1.77. The molecule has 0 saturated carbocycles. The minimum atomic E-state index is -2.49. The number of rotatable bonds is 7. The molecule has 1 aromatic carbocycles. The van der Waals surface area contributed by atoms with Crippen LogP contribution in [-0.2, 0) is 11.3 Å². The van der Waals surface area contributed by atoms with E-state index in [9.17, 15) is 13.2 Å². The Kier molecular flexibility index (Phi) is 5.72. The lowest BCUT2D eigenvalue weighted by atomic mass is 10.1. The van der Waals surface area contributed by atoms with Gasteiger partial charge in [-0.1, -0.05) is 6.07 Å². The Morgan fingerprint density at radius 3 is 2.75 bits per heavy atom. The first-order chi connectivity index (χ1) is 17.4. The highest BCUT2D eigenvalue weighted by molar-refractivity contribution is 5.89. The zero-order valence-corrected chi connectivity index (χ0v) is 19.9. The van der Waals surface area contributed by atoms with Gasteiger partial charge in [0.25, 0.3) is 6.43 Å². The molecule has 2 saturated heterocycles. The van der Waals surface area contributed by atoms with Gasteiger partial charge >= 0.3 is 0 Å². The molecule has 2 aliphatic heterocycles. The van der Waals surface area contributed by atoms with Gasteiger partial charge in [0, 0.05) is 24.8 Å². The molecule has 36 heavy (non-hydrogen) atoms. The van der Waals surface area contributed by atoms with Crippen molar-refractivity contribution in [3.8, 4) is 17.0 Å². The number of ether oxygens (including phenoxy) is 2. The second kappa shape index (κ2) is 8.93. The van der Waals surface area contributed by atoms with E-state index in [0.717, 1.165) is 11.1 Å². The number of nitrogens with zero attached hydrogens (tertiary/aromatic N) is 6. The Hall–Kier alpha value is -3.38. The van der Waals surface area contributed by atoms with Gasteiger partial charge < -0.3 is 19.4 Å². The van der Waals surface area contributed by atoms with Gasteiger partial charge in [-0.2, -0.15) is 4.98 Å². The third-order valence-corrected chi connectivity index (χ3v) is 6.97. The third-order valence-electron chi connectivity index (χ3n) is 6.97. The van der Waals surface area contributed by atoms with Gasteiger partial charge in [0.1, 0.15) is 17.5 Å². The molecule has 0 aliphatic carbocycles. The molecule has 190 valence electrons. The van der Waals surface area contributed by atoms with Gasteiger partial charge in [-0.15, -0.1) is 5.10 Å². The van der Waals surface area contributed by atoms with Crippen LogP contribution >= 0.6 is 0 Å². The fourth-order valence-electron chi connectivity index (χ4n) is 5.03. The Morgan fingerprint density at radius 1 is 1.19 bits per heavy atom. The first-order valence-corrected chi connectivity index (χ1v) is 11.8. The second-order valence-electron chi connectivity index (χ2n) is 9.24. The van der Waals surface area contributed by atoms with Gasteiger partial charge in [-0.3, -0.25) is 4.90 Å². The van der Waals surface area contributed by atoms with Crippen molar-refractivity contribution in [2.24, 2.45) is 0 Å². The number of hydrogen-bond donors (Lipinski definition) is 1. The summed E-state index contributed by atoms with van der Waals surface area (Å²) < 4.78 is 55.0. The highest BCUT2D eigenvalue weighted by Crippen LogP contribution is 2.34. The highest BCUT2D eigenvalue weighted by Gasteiger charge is 2.39. The van der Waals surface area contributed by atoms with Crippen molar-refractivity contribution in [3.05, 3.63) is 36.3 Å². The van der Waals surface area contributed by atoms with Crippen molar-refractivity contribution < 1.29 is 22.6 Å². The first kappa shape index (κ1) is 23.0. The fourth-order valence-corrected chi connectivity index (χ4v) is 5.03. The minimum absolute atomic E-state index is 0.262. The summed E-state index contributed by atoms with van der Waals surface area (Å²) in [5.74, 6) is 1.12. The van der Waals surface area contributed by atoms with E-state index in [1.807, 2.05) is 24.3 Å². The van der Waals surface area contributed by atoms with Crippen LogP contribution in [0.1, 0.15) is 5.82 Å². The van der Waals surface area contributed by atoms with Crippen LogP contribution in [0, 0.1) is 6.92 Å². The van der Waals surface area contributed by atoms with Crippen LogP contribution in [0.15, 0.2) is 30.5 Å². The number of aryl methyl sites for hydroxylation is 1. The predicted molar refractivity (Wildman–Crippen MR) is 127 cm³/mol.